The molecule has 3 heterocycles. The lowest BCUT2D eigenvalue weighted by Crippen LogP contribution is -2.36. The van der Waals surface area contributed by atoms with Crippen molar-refractivity contribution in [1.29, 1.82) is 0 Å². The first-order valence-electron chi connectivity index (χ1n) is 6.54. The third-order valence-corrected chi connectivity index (χ3v) is 3.02. The van der Waals surface area contributed by atoms with E-state index < -0.39 is 0 Å². The Kier molecular flexibility index (Phi) is 3.69. The first-order valence-corrected chi connectivity index (χ1v) is 6.54. The molecule has 1 N–H and O–H groups in total. The number of aromatic nitrogens is 4. The van der Waals surface area contributed by atoms with Gasteiger partial charge < -0.3 is 15.0 Å². The van der Waals surface area contributed by atoms with Crippen LogP contribution >= 0.6 is 0 Å². The predicted octanol–water partition coefficient (Wildman–Crippen LogP) is 1.16. The van der Waals surface area contributed by atoms with E-state index in [0.29, 0.717) is 17.5 Å². The average Bonchev–Trinajstić information content (AvgIpc) is 2.49. The molecule has 0 amide bonds. The summed E-state index contributed by atoms with van der Waals surface area (Å²) in [5, 5.41) is 11.5. The van der Waals surface area contributed by atoms with Gasteiger partial charge in [0.15, 0.2) is 11.6 Å². The molecule has 0 bridgehead atoms. The van der Waals surface area contributed by atoms with Crippen LogP contribution in [0.25, 0.3) is 0 Å². The average molecular weight is 272 g/mol. The minimum Gasteiger partial charge on any atom is -0.378 e. The largest absolute Gasteiger partial charge is 0.378 e. The molecule has 104 valence electrons. The van der Waals surface area contributed by atoms with E-state index in [0.717, 1.165) is 32.1 Å². The third-order valence-electron chi connectivity index (χ3n) is 3.02. The summed E-state index contributed by atoms with van der Waals surface area (Å²) in [5.74, 6) is 2.97. The van der Waals surface area contributed by atoms with Crippen molar-refractivity contribution in [3.63, 3.8) is 0 Å². The molecule has 1 fully saturated rings. The number of hydrogen-bond acceptors (Lipinski definition) is 7. The Morgan fingerprint density at radius 2 is 1.95 bits per heavy atom. The monoisotopic (exact) mass is 272 g/mol. The van der Waals surface area contributed by atoms with E-state index >= 15 is 0 Å². The van der Waals surface area contributed by atoms with Gasteiger partial charge >= 0.3 is 0 Å². The molecule has 1 aliphatic heterocycles. The van der Waals surface area contributed by atoms with Crippen LogP contribution < -0.4 is 10.2 Å². The Balaban J connectivity index is 1.69. The van der Waals surface area contributed by atoms with Crippen LogP contribution in [0, 0.1) is 6.92 Å². The van der Waals surface area contributed by atoms with E-state index in [2.05, 4.69) is 30.4 Å². The van der Waals surface area contributed by atoms with Crippen molar-refractivity contribution in [3.8, 4) is 0 Å². The van der Waals surface area contributed by atoms with Gasteiger partial charge in [-0.25, -0.2) is 9.97 Å². The number of ether oxygens (including phenoxy) is 1. The highest BCUT2D eigenvalue weighted by Gasteiger charge is 2.12. The molecule has 7 heteroatoms. The highest BCUT2D eigenvalue weighted by molar-refractivity contribution is 5.52. The molecule has 0 unspecified atom stereocenters. The summed E-state index contributed by atoms with van der Waals surface area (Å²) in [7, 11) is 0. The van der Waals surface area contributed by atoms with Gasteiger partial charge in [-0.2, -0.15) is 0 Å². The Morgan fingerprint density at radius 1 is 1.10 bits per heavy atom. The summed E-state index contributed by atoms with van der Waals surface area (Å²) >= 11 is 0. The summed E-state index contributed by atoms with van der Waals surface area (Å²) in [5.41, 5.74) is 0. The summed E-state index contributed by atoms with van der Waals surface area (Å²) in [6, 6.07) is 5.65. The Hall–Kier alpha value is -2.28. The minimum absolute atomic E-state index is 0.667. The van der Waals surface area contributed by atoms with Crippen LogP contribution in [0.5, 0.6) is 0 Å². The number of morpholine rings is 1. The number of nitrogens with one attached hydrogen (secondary N) is 1. The highest BCUT2D eigenvalue weighted by atomic mass is 16.5. The zero-order valence-corrected chi connectivity index (χ0v) is 11.3. The van der Waals surface area contributed by atoms with Crippen molar-refractivity contribution in [1.82, 2.24) is 20.2 Å². The molecular weight excluding hydrogens is 256 g/mol. The fourth-order valence-corrected chi connectivity index (χ4v) is 2.01. The normalized spacial score (nSPS) is 15.2. The van der Waals surface area contributed by atoms with Gasteiger partial charge in [-0.3, -0.25) is 0 Å². The maximum absolute atomic E-state index is 5.32. The molecule has 1 saturated heterocycles. The molecule has 20 heavy (non-hydrogen) atoms. The van der Waals surface area contributed by atoms with Gasteiger partial charge in [0.25, 0.3) is 0 Å². The quantitative estimate of drug-likeness (QED) is 0.898. The molecule has 2 aromatic rings. The van der Waals surface area contributed by atoms with Crippen molar-refractivity contribution in [2.45, 2.75) is 6.92 Å². The summed E-state index contributed by atoms with van der Waals surface area (Å²) in [4.78, 5) is 10.5. The molecule has 0 spiro atoms. The van der Waals surface area contributed by atoms with Crippen molar-refractivity contribution < 1.29 is 4.74 Å². The Morgan fingerprint density at radius 3 is 2.65 bits per heavy atom. The summed E-state index contributed by atoms with van der Waals surface area (Å²) in [6.45, 7) is 5.03. The molecule has 3 rings (SSSR count). The molecule has 0 saturated carbocycles. The zero-order chi connectivity index (χ0) is 13.8. The van der Waals surface area contributed by atoms with E-state index in [1.54, 1.807) is 12.3 Å². The molecule has 7 nitrogen and oxygen atoms in total. The number of anilines is 3. The fraction of sp³-hybridized carbons (Fsp3) is 0.385. The second-order valence-corrected chi connectivity index (χ2v) is 4.49. The lowest BCUT2D eigenvalue weighted by Gasteiger charge is -2.27. The maximum atomic E-state index is 5.32. The van der Waals surface area contributed by atoms with E-state index in [-0.39, 0.29) is 0 Å². The standard InChI is InChI=1S/C13H16N6O/c1-10-14-5-4-11(15-10)16-12-2-3-13(18-17-12)19-6-8-20-9-7-19/h2-5H,6-9H2,1H3,(H,14,15,16,17). The van der Waals surface area contributed by atoms with Crippen LogP contribution in [0.2, 0.25) is 0 Å². The van der Waals surface area contributed by atoms with E-state index in [9.17, 15) is 0 Å². The minimum atomic E-state index is 0.667. The molecule has 0 aliphatic carbocycles. The molecule has 1 aliphatic rings. The van der Waals surface area contributed by atoms with Crippen molar-refractivity contribution in [2.75, 3.05) is 36.5 Å². The summed E-state index contributed by atoms with van der Waals surface area (Å²) in [6.07, 6.45) is 1.71. The molecule has 0 aromatic carbocycles. The van der Waals surface area contributed by atoms with E-state index in [4.69, 9.17) is 4.74 Å². The molecule has 0 radical (unpaired) electrons. The van der Waals surface area contributed by atoms with Crippen molar-refractivity contribution in [3.05, 3.63) is 30.2 Å². The maximum Gasteiger partial charge on any atom is 0.154 e. The van der Waals surface area contributed by atoms with Crippen molar-refractivity contribution in [2.24, 2.45) is 0 Å². The first-order chi connectivity index (χ1) is 9.81. The molecular formula is C13H16N6O. The number of aryl methyl sites for hydroxylation is 1. The van der Waals surface area contributed by atoms with Crippen LogP contribution in [0.1, 0.15) is 5.82 Å². The molecule has 0 atom stereocenters. The van der Waals surface area contributed by atoms with Gasteiger partial charge in [0.05, 0.1) is 13.2 Å². The van der Waals surface area contributed by atoms with Gasteiger partial charge in [0.2, 0.25) is 0 Å². The van der Waals surface area contributed by atoms with E-state index in [1.165, 1.54) is 0 Å². The third kappa shape index (κ3) is 3.00. The number of rotatable bonds is 3. The smallest absolute Gasteiger partial charge is 0.154 e. The number of nitrogens with zero attached hydrogens (tertiary/aromatic N) is 5. The lowest BCUT2D eigenvalue weighted by atomic mass is 10.4. The lowest BCUT2D eigenvalue weighted by molar-refractivity contribution is 0.122. The van der Waals surface area contributed by atoms with E-state index in [1.807, 2.05) is 19.1 Å². The van der Waals surface area contributed by atoms with Gasteiger partial charge in [0.1, 0.15) is 11.6 Å². The van der Waals surface area contributed by atoms with Gasteiger partial charge in [-0.05, 0) is 25.1 Å². The highest BCUT2D eigenvalue weighted by Crippen LogP contribution is 2.15. The van der Waals surface area contributed by atoms with Gasteiger partial charge in [-0.15, -0.1) is 10.2 Å². The van der Waals surface area contributed by atoms with Gasteiger partial charge in [0, 0.05) is 19.3 Å². The SMILES string of the molecule is Cc1nccc(Nc2ccc(N3CCOCC3)nn2)n1. The Bertz CT molecular complexity index is 567. The number of hydrogen-bond donors (Lipinski definition) is 1. The fourth-order valence-electron chi connectivity index (χ4n) is 2.01. The Labute approximate surface area is 117 Å². The second-order valence-electron chi connectivity index (χ2n) is 4.49. The predicted molar refractivity (Wildman–Crippen MR) is 75.1 cm³/mol. The van der Waals surface area contributed by atoms with Crippen molar-refractivity contribution >= 4 is 17.5 Å². The van der Waals surface area contributed by atoms with Crippen LogP contribution in [-0.2, 0) is 4.74 Å². The summed E-state index contributed by atoms with van der Waals surface area (Å²) < 4.78 is 5.32. The molecule has 2 aromatic heterocycles. The van der Waals surface area contributed by atoms with Crippen LogP contribution in [-0.4, -0.2) is 46.5 Å². The zero-order valence-electron chi connectivity index (χ0n) is 11.3. The second kappa shape index (κ2) is 5.79. The van der Waals surface area contributed by atoms with Crippen LogP contribution in [0.15, 0.2) is 24.4 Å². The van der Waals surface area contributed by atoms with Gasteiger partial charge in [-0.1, -0.05) is 0 Å². The first kappa shape index (κ1) is 12.7. The van der Waals surface area contributed by atoms with Crippen LogP contribution in [0.4, 0.5) is 17.5 Å². The van der Waals surface area contributed by atoms with Crippen LogP contribution in [0.3, 0.4) is 0 Å². The topological polar surface area (TPSA) is 76.1 Å².